The summed E-state index contributed by atoms with van der Waals surface area (Å²) >= 11 is 0. The predicted octanol–water partition coefficient (Wildman–Crippen LogP) is 4.44. The number of piperazine rings is 1. The van der Waals surface area contributed by atoms with Gasteiger partial charge < -0.3 is 9.64 Å². The van der Waals surface area contributed by atoms with Crippen LogP contribution in [0, 0.1) is 0 Å². The van der Waals surface area contributed by atoms with Gasteiger partial charge in [-0.05, 0) is 49.6 Å². The maximum atomic E-state index is 14.1. The van der Waals surface area contributed by atoms with Crippen LogP contribution < -0.4 is 4.74 Å². The van der Waals surface area contributed by atoms with Gasteiger partial charge in [0.1, 0.15) is 24.2 Å². The number of nitrogens with zero attached hydrogens (tertiary/aromatic N) is 2. The molecule has 0 bridgehead atoms. The van der Waals surface area contributed by atoms with Crippen LogP contribution in [0.5, 0.6) is 5.75 Å². The van der Waals surface area contributed by atoms with Crippen LogP contribution in [-0.4, -0.2) is 60.7 Å². The van der Waals surface area contributed by atoms with Gasteiger partial charge in [0.05, 0.1) is 11.6 Å². The third-order valence-corrected chi connectivity index (χ3v) is 5.88. The summed E-state index contributed by atoms with van der Waals surface area (Å²) in [5.41, 5.74) is 1.56. The van der Waals surface area contributed by atoms with Crippen molar-refractivity contribution in [2.75, 3.05) is 32.8 Å². The first kappa shape index (κ1) is 20.8. The smallest absolute Gasteiger partial charge is 0.258 e. The van der Waals surface area contributed by atoms with Crippen molar-refractivity contribution in [3.05, 3.63) is 53.6 Å². The van der Waals surface area contributed by atoms with Crippen molar-refractivity contribution in [3.8, 4) is 16.9 Å². The van der Waals surface area contributed by atoms with Crippen LogP contribution in [0.2, 0.25) is 0 Å². The van der Waals surface area contributed by atoms with Gasteiger partial charge in [-0.25, -0.2) is 8.78 Å². The van der Waals surface area contributed by atoms with Gasteiger partial charge in [-0.15, -0.1) is 0 Å². The van der Waals surface area contributed by atoms with Gasteiger partial charge >= 0.3 is 0 Å². The summed E-state index contributed by atoms with van der Waals surface area (Å²) in [7, 11) is 0. The maximum absolute atomic E-state index is 14.1. The Morgan fingerprint density at radius 2 is 1.83 bits per heavy atom. The van der Waals surface area contributed by atoms with Crippen molar-refractivity contribution in [1.29, 1.82) is 0 Å². The van der Waals surface area contributed by atoms with E-state index >= 15 is 0 Å². The van der Waals surface area contributed by atoms with E-state index < -0.39 is 11.8 Å². The number of fused-ring (bicyclic) bond motifs is 2. The average molecular weight is 414 g/mol. The fourth-order valence-electron chi connectivity index (χ4n) is 4.25. The Labute approximate surface area is 176 Å². The van der Waals surface area contributed by atoms with E-state index in [1.807, 2.05) is 35.2 Å². The van der Waals surface area contributed by atoms with Crippen LogP contribution in [0.25, 0.3) is 11.1 Å². The fraction of sp³-hybridized carbons (Fsp3) is 0.458. The van der Waals surface area contributed by atoms with Gasteiger partial charge in [0.25, 0.3) is 5.91 Å². The van der Waals surface area contributed by atoms with Gasteiger partial charge in [0, 0.05) is 26.2 Å². The molecular formula is C24H28F2N2O2. The highest BCUT2D eigenvalue weighted by Gasteiger charge is 2.35. The van der Waals surface area contributed by atoms with Crippen molar-refractivity contribution in [1.82, 2.24) is 9.80 Å². The van der Waals surface area contributed by atoms with Crippen LogP contribution in [0.4, 0.5) is 8.78 Å². The monoisotopic (exact) mass is 414 g/mol. The Bertz CT molecular complexity index is 922. The van der Waals surface area contributed by atoms with Gasteiger partial charge in [0.15, 0.2) is 0 Å². The minimum atomic E-state index is -1.40. The second-order valence-electron chi connectivity index (χ2n) is 8.76. The summed E-state index contributed by atoms with van der Waals surface area (Å²) in [4.78, 5) is 17.2. The Hall–Kier alpha value is -2.47. The number of alkyl halides is 2. The first-order chi connectivity index (χ1) is 14.2. The second kappa shape index (κ2) is 7.99. The molecule has 1 fully saturated rings. The molecule has 1 unspecified atom stereocenters. The standard InChI is InChI=1S/C24H28F2N2O2/c1-16(25)13-27-10-11-28-20(14-27)15-30-22-9-6-18(12-21(22)23(28)29)17-4-7-19(8-5-17)24(2,3)26/h4-9,12,16,20H,10-11,13-15H2,1-3H3/t16?,20-/m0/s1. The van der Waals surface area contributed by atoms with E-state index in [1.54, 1.807) is 19.1 Å². The molecule has 0 aromatic heterocycles. The molecule has 4 nitrogen and oxygen atoms in total. The normalized spacial score (nSPS) is 20.8. The highest BCUT2D eigenvalue weighted by Crippen LogP contribution is 2.33. The molecule has 2 aromatic carbocycles. The van der Waals surface area contributed by atoms with Gasteiger partial charge in [-0.3, -0.25) is 9.69 Å². The minimum absolute atomic E-state index is 0.0520. The maximum Gasteiger partial charge on any atom is 0.258 e. The lowest BCUT2D eigenvalue weighted by atomic mass is 9.96. The van der Waals surface area contributed by atoms with Crippen molar-refractivity contribution in [2.45, 2.75) is 38.7 Å². The van der Waals surface area contributed by atoms with Gasteiger partial charge in [-0.1, -0.05) is 30.3 Å². The lowest BCUT2D eigenvalue weighted by Gasteiger charge is -2.40. The average Bonchev–Trinajstić information content (AvgIpc) is 2.83. The molecule has 2 aliphatic heterocycles. The zero-order valence-electron chi connectivity index (χ0n) is 17.7. The highest BCUT2D eigenvalue weighted by atomic mass is 19.1. The molecule has 0 spiro atoms. The lowest BCUT2D eigenvalue weighted by Crippen LogP contribution is -2.57. The number of amides is 1. The largest absolute Gasteiger partial charge is 0.491 e. The number of ether oxygens (including phenoxy) is 1. The molecule has 2 atom stereocenters. The van der Waals surface area contributed by atoms with E-state index in [0.29, 0.717) is 49.7 Å². The van der Waals surface area contributed by atoms with Crippen molar-refractivity contribution >= 4 is 5.91 Å². The number of carbonyl (C=O) groups is 1. The summed E-state index contributed by atoms with van der Waals surface area (Å²) in [6.45, 7) is 7.23. The molecule has 0 radical (unpaired) electrons. The van der Waals surface area contributed by atoms with Crippen LogP contribution in [-0.2, 0) is 5.67 Å². The molecule has 2 aromatic rings. The topological polar surface area (TPSA) is 32.8 Å². The summed E-state index contributed by atoms with van der Waals surface area (Å²) in [6, 6.07) is 12.8. The lowest BCUT2D eigenvalue weighted by molar-refractivity contribution is 0.0340. The summed E-state index contributed by atoms with van der Waals surface area (Å²) in [5.74, 6) is 0.522. The van der Waals surface area contributed by atoms with Crippen molar-refractivity contribution in [2.24, 2.45) is 0 Å². The second-order valence-corrected chi connectivity index (χ2v) is 8.76. The SMILES string of the molecule is CC(F)CN1CCN2C(=O)c3cc(-c4ccc(C(C)(C)F)cc4)ccc3OC[C@@H]2C1. The number of carbonyl (C=O) groups excluding carboxylic acids is 1. The molecule has 2 heterocycles. The number of hydrogen-bond acceptors (Lipinski definition) is 3. The quantitative estimate of drug-likeness (QED) is 0.742. The molecular weight excluding hydrogens is 386 g/mol. The van der Waals surface area contributed by atoms with Crippen LogP contribution in [0.3, 0.4) is 0 Å². The molecule has 160 valence electrons. The Morgan fingerprint density at radius 3 is 2.50 bits per heavy atom. The molecule has 1 saturated heterocycles. The van der Waals surface area contributed by atoms with Crippen LogP contribution in [0.1, 0.15) is 36.7 Å². The van der Waals surface area contributed by atoms with E-state index in [1.165, 1.54) is 13.8 Å². The molecule has 0 saturated carbocycles. The molecule has 30 heavy (non-hydrogen) atoms. The number of rotatable bonds is 4. The van der Waals surface area contributed by atoms with Crippen molar-refractivity contribution in [3.63, 3.8) is 0 Å². The third kappa shape index (κ3) is 4.19. The summed E-state index contributed by atoms with van der Waals surface area (Å²) in [5, 5.41) is 0. The summed E-state index contributed by atoms with van der Waals surface area (Å²) in [6.07, 6.45) is -0.895. The molecule has 0 N–H and O–H groups in total. The Morgan fingerprint density at radius 1 is 1.13 bits per heavy atom. The number of halogens is 2. The number of benzene rings is 2. The van der Waals surface area contributed by atoms with E-state index in [-0.39, 0.29) is 11.9 Å². The Kier molecular flexibility index (Phi) is 5.53. The van der Waals surface area contributed by atoms with E-state index in [2.05, 4.69) is 4.90 Å². The molecule has 0 aliphatic carbocycles. The van der Waals surface area contributed by atoms with Gasteiger partial charge in [0.2, 0.25) is 0 Å². The third-order valence-electron chi connectivity index (χ3n) is 5.88. The van der Waals surface area contributed by atoms with Crippen molar-refractivity contribution < 1.29 is 18.3 Å². The zero-order chi connectivity index (χ0) is 21.5. The number of hydrogen-bond donors (Lipinski definition) is 0. The molecule has 4 rings (SSSR count). The van der Waals surface area contributed by atoms with Crippen LogP contribution in [0.15, 0.2) is 42.5 Å². The van der Waals surface area contributed by atoms with E-state index in [4.69, 9.17) is 4.74 Å². The van der Waals surface area contributed by atoms with Gasteiger partial charge in [-0.2, -0.15) is 0 Å². The molecule has 1 amide bonds. The van der Waals surface area contributed by atoms with Crippen LogP contribution >= 0.6 is 0 Å². The first-order valence-corrected chi connectivity index (χ1v) is 10.5. The highest BCUT2D eigenvalue weighted by molar-refractivity contribution is 5.99. The summed E-state index contributed by atoms with van der Waals surface area (Å²) < 4.78 is 33.5. The predicted molar refractivity (Wildman–Crippen MR) is 113 cm³/mol. The fourth-order valence-corrected chi connectivity index (χ4v) is 4.25. The minimum Gasteiger partial charge on any atom is -0.491 e. The van der Waals surface area contributed by atoms with E-state index in [9.17, 15) is 13.6 Å². The van der Waals surface area contributed by atoms with E-state index in [0.717, 1.165) is 11.1 Å². The zero-order valence-corrected chi connectivity index (χ0v) is 17.7. The molecule has 6 heteroatoms. The molecule has 2 aliphatic rings. The Balaban J connectivity index is 1.58. The first-order valence-electron chi connectivity index (χ1n) is 10.5.